The molecule has 158 valence electrons. The summed E-state index contributed by atoms with van der Waals surface area (Å²) in [5, 5.41) is 1.79. The normalized spacial score (nSPS) is 13.4. The zero-order valence-electron chi connectivity index (χ0n) is 16.8. The van der Waals surface area contributed by atoms with Gasteiger partial charge < -0.3 is 0 Å². The highest BCUT2D eigenvalue weighted by atomic mass is 79.9. The van der Waals surface area contributed by atoms with Crippen LogP contribution in [-0.4, -0.2) is 9.97 Å². The number of benzene rings is 4. The second kappa shape index (κ2) is 9.18. The Kier molecular flexibility index (Phi) is 6.30. The summed E-state index contributed by atoms with van der Waals surface area (Å²) in [5.41, 5.74) is 5.43. The van der Waals surface area contributed by atoms with E-state index in [1.54, 1.807) is 0 Å². The first-order chi connectivity index (χ1) is 15.5. The van der Waals surface area contributed by atoms with Gasteiger partial charge in [0.25, 0.3) is 0 Å². The molecule has 32 heavy (non-hydrogen) atoms. The smallest absolute Gasteiger partial charge is 0.0897 e. The van der Waals surface area contributed by atoms with Crippen LogP contribution in [0.3, 0.4) is 0 Å². The van der Waals surface area contributed by atoms with E-state index in [4.69, 9.17) is 35.2 Å². The Morgan fingerprint density at radius 3 is 1.41 bits per heavy atom. The predicted octanol–water partition coefficient (Wildman–Crippen LogP) is 8.35. The molecular formula is C26H18Br2N2S2. The average Bonchev–Trinajstić information content (AvgIpc) is 2.81. The summed E-state index contributed by atoms with van der Waals surface area (Å²) >= 11 is 17.1. The summed E-state index contributed by atoms with van der Waals surface area (Å²) in [7, 11) is 0. The molecule has 0 aliphatic rings. The van der Waals surface area contributed by atoms with Crippen molar-refractivity contribution in [1.29, 1.82) is 0 Å². The molecule has 0 bridgehead atoms. The van der Waals surface area contributed by atoms with Crippen LogP contribution in [0.5, 0.6) is 0 Å². The van der Waals surface area contributed by atoms with Gasteiger partial charge in [-0.15, -0.1) is 0 Å². The first-order valence-electron chi connectivity index (χ1n) is 10.1. The monoisotopic (exact) mass is 580 g/mol. The molecule has 6 heteroatoms. The third-order valence-electron chi connectivity index (χ3n) is 5.43. The minimum Gasteiger partial charge on any atom is -0.248 e. The lowest BCUT2D eigenvalue weighted by Crippen LogP contribution is -2.09. The molecule has 2 unspecified atom stereocenters. The molecule has 2 atom stereocenters. The van der Waals surface area contributed by atoms with Gasteiger partial charge in [0.1, 0.15) is 0 Å². The zero-order valence-corrected chi connectivity index (χ0v) is 21.7. The maximum absolute atomic E-state index is 5.09. The molecule has 0 N–H and O–H groups in total. The van der Waals surface area contributed by atoms with Gasteiger partial charge in [0.15, 0.2) is 0 Å². The average molecular weight is 582 g/mol. The van der Waals surface area contributed by atoms with Gasteiger partial charge >= 0.3 is 0 Å². The Balaban J connectivity index is 1.74. The lowest BCUT2D eigenvalue weighted by Gasteiger charge is -2.20. The third-order valence-corrected chi connectivity index (χ3v) is 7.51. The topological polar surface area (TPSA) is 25.8 Å². The first-order valence-corrected chi connectivity index (χ1v) is 12.7. The quantitative estimate of drug-likeness (QED) is 0.165. The molecule has 0 fully saturated rings. The van der Waals surface area contributed by atoms with Crippen LogP contribution >= 0.6 is 57.1 Å². The van der Waals surface area contributed by atoms with Crippen LogP contribution in [0.25, 0.3) is 21.8 Å². The molecule has 0 saturated heterocycles. The number of halogens is 2. The molecule has 1 heterocycles. The van der Waals surface area contributed by atoms with E-state index in [0.29, 0.717) is 0 Å². The molecule has 0 amide bonds. The number of nitrogens with zero attached hydrogens (tertiary/aromatic N) is 2. The summed E-state index contributed by atoms with van der Waals surface area (Å²) in [4.78, 5) is 10.2. The standard InChI is InChI=1S/C26H18Br2N2S2/c27-19-9-3-7-17(11-19)25(31)23-24(26(32)18-8-4-10-20(28)12-18)30-22-14-16-6-2-1-5-15(16)13-21(22)29-23/h1-14,25-26,31-32H. The van der Waals surface area contributed by atoms with Gasteiger partial charge in [0, 0.05) is 8.95 Å². The molecule has 5 aromatic rings. The van der Waals surface area contributed by atoms with Gasteiger partial charge in [-0.1, -0.05) is 80.4 Å². The van der Waals surface area contributed by atoms with Crippen molar-refractivity contribution in [2.45, 2.75) is 10.5 Å². The number of rotatable bonds is 4. The van der Waals surface area contributed by atoms with Crippen LogP contribution in [0.2, 0.25) is 0 Å². The lowest BCUT2D eigenvalue weighted by molar-refractivity contribution is 0.950. The Bertz CT molecular complexity index is 1350. The van der Waals surface area contributed by atoms with Gasteiger partial charge in [0.2, 0.25) is 0 Å². The zero-order chi connectivity index (χ0) is 22.2. The largest absolute Gasteiger partial charge is 0.248 e. The van der Waals surface area contributed by atoms with Gasteiger partial charge in [-0.05, 0) is 58.3 Å². The molecule has 0 aliphatic heterocycles. The van der Waals surface area contributed by atoms with E-state index in [2.05, 4.69) is 80.4 Å². The van der Waals surface area contributed by atoms with Crippen LogP contribution in [0.15, 0.2) is 93.9 Å². The van der Waals surface area contributed by atoms with Crippen LogP contribution in [-0.2, 0) is 0 Å². The number of hydrogen-bond acceptors (Lipinski definition) is 4. The number of fused-ring (bicyclic) bond motifs is 2. The molecular weight excluding hydrogens is 564 g/mol. The highest BCUT2D eigenvalue weighted by Crippen LogP contribution is 2.38. The summed E-state index contributed by atoms with van der Waals surface area (Å²) in [6.45, 7) is 0. The maximum Gasteiger partial charge on any atom is 0.0897 e. The van der Waals surface area contributed by atoms with Crippen molar-refractivity contribution in [2.75, 3.05) is 0 Å². The van der Waals surface area contributed by atoms with E-state index in [9.17, 15) is 0 Å². The lowest BCUT2D eigenvalue weighted by atomic mass is 10.0. The molecule has 0 saturated carbocycles. The predicted molar refractivity (Wildman–Crippen MR) is 147 cm³/mol. The molecule has 5 rings (SSSR count). The van der Waals surface area contributed by atoms with Crippen LogP contribution in [0, 0.1) is 0 Å². The summed E-state index contributed by atoms with van der Waals surface area (Å²) in [5.74, 6) is 0. The SMILES string of the molecule is SC(c1cccc(Br)c1)c1nc2cc3ccccc3cc2nc1C(S)c1cccc(Br)c1. The summed E-state index contributed by atoms with van der Waals surface area (Å²) < 4.78 is 2.01. The van der Waals surface area contributed by atoms with Crippen molar-refractivity contribution in [1.82, 2.24) is 9.97 Å². The maximum atomic E-state index is 5.09. The highest BCUT2D eigenvalue weighted by molar-refractivity contribution is 9.10. The Labute approximate surface area is 214 Å². The minimum absolute atomic E-state index is 0.243. The van der Waals surface area contributed by atoms with Gasteiger partial charge in [-0.2, -0.15) is 25.3 Å². The van der Waals surface area contributed by atoms with Crippen LogP contribution < -0.4 is 0 Å². The van der Waals surface area contributed by atoms with Crippen molar-refractivity contribution in [3.63, 3.8) is 0 Å². The Hall–Kier alpha value is -1.86. The highest BCUT2D eigenvalue weighted by Gasteiger charge is 2.24. The van der Waals surface area contributed by atoms with Gasteiger partial charge in [0.05, 0.1) is 32.9 Å². The van der Waals surface area contributed by atoms with Crippen molar-refractivity contribution in [3.05, 3.63) is 116 Å². The van der Waals surface area contributed by atoms with Gasteiger partial charge in [-0.25, -0.2) is 9.97 Å². The van der Waals surface area contributed by atoms with Crippen molar-refractivity contribution in [3.8, 4) is 0 Å². The van der Waals surface area contributed by atoms with E-state index in [-0.39, 0.29) is 10.5 Å². The minimum atomic E-state index is -0.243. The van der Waals surface area contributed by atoms with E-state index >= 15 is 0 Å². The Morgan fingerprint density at radius 1 is 0.562 bits per heavy atom. The molecule has 0 spiro atoms. The number of thiol groups is 2. The van der Waals surface area contributed by atoms with Crippen LogP contribution in [0.4, 0.5) is 0 Å². The fraction of sp³-hybridized carbons (Fsp3) is 0.0769. The van der Waals surface area contributed by atoms with Crippen LogP contribution in [0.1, 0.15) is 33.0 Å². The number of hydrogen-bond donors (Lipinski definition) is 2. The first kappa shape index (κ1) is 22.0. The van der Waals surface area contributed by atoms with Crippen molar-refractivity contribution >= 4 is 78.9 Å². The fourth-order valence-electron chi connectivity index (χ4n) is 3.84. The molecule has 2 nitrogen and oxygen atoms in total. The summed E-state index contributed by atoms with van der Waals surface area (Å²) in [6.07, 6.45) is 0. The second-order valence-electron chi connectivity index (χ2n) is 7.60. The third kappa shape index (κ3) is 4.34. The Morgan fingerprint density at radius 2 is 1.00 bits per heavy atom. The van der Waals surface area contributed by atoms with Crippen molar-refractivity contribution < 1.29 is 0 Å². The van der Waals surface area contributed by atoms with E-state index in [1.807, 2.05) is 36.4 Å². The second-order valence-corrected chi connectivity index (χ2v) is 10.5. The van der Waals surface area contributed by atoms with Crippen molar-refractivity contribution in [2.24, 2.45) is 0 Å². The van der Waals surface area contributed by atoms with Gasteiger partial charge in [-0.3, -0.25) is 0 Å². The fourth-order valence-corrected chi connectivity index (χ4v) is 5.38. The number of aromatic nitrogens is 2. The van der Waals surface area contributed by atoms with E-state index in [0.717, 1.165) is 53.3 Å². The molecule has 4 aromatic carbocycles. The molecule has 0 aliphatic carbocycles. The molecule has 1 aromatic heterocycles. The summed E-state index contributed by atoms with van der Waals surface area (Å²) in [6, 6.07) is 28.8. The molecule has 0 radical (unpaired) electrons. The van der Waals surface area contributed by atoms with E-state index < -0.39 is 0 Å². The van der Waals surface area contributed by atoms with E-state index in [1.165, 1.54) is 0 Å².